The van der Waals surface area contributed by atoms with Gasteiger partial charge in [0.1, 0.15) is 17.7 Å². The summed E-state index contributed by atoms with van der Waals surface area (Å²) >= 11 is 0. The maximum Gasteiger partial charge on any atom is 0.247 e. The first-order chi connectivity index (χ1) is 15.5. The average Bonchev–Trinajstić information content (AvgIpc) is 3.24. The van der Waals surface area contributed by atoms with Crippen molar-refractivity contribution in [3.8, 4) is 11.3 Å². The Bertz CT molecular complexity index is 1310. The SMILES string of the molecule is Cc1ccccc1-c1cc2cc(Nc3cnn([C@H]4CCCN(C)C4=O)c3)ncc2c(N)n1. The van der Waals surface area contributed by atoms with Crippen LogP contribution in [0, 0.1) is 6.92 Å². The molecule has 1 atom stereocenters. The van der Waals surface area contributed by atoms with Crippen molar-refractivity contribution in [3.05, 3.63) is 60.6 Å². The van der Waals surface area contributed by atoms with E-state index >= 15 is 0 Å². The van der Waals surface area contributed by atoms with Gasteiger partial charge in [0.15, 0.2) is 0 Å². The first kappa shape index (κ1) is 20.0. The van der Waals surface area contributed by atoms with E-state index in [1.54, 1.807) is 22.0 Å². The molecule has 8 nitrogen and oxygen atoms in total. The lowest BCUT2D eigenvalue weighted by Gasteiger charge is -2.29. The lowest BCUT2D eigenvalue weighted by molar-refractivity contribution is -0.136. The number of hydrogen-bond acceptors (Lipinski definition) is 6. The number of nitrogens with two attached hydrogens (primary N) is 1. The van der Waals surface area contributed by atoms with E-state index in [1.807, 2.05) is 43.6 Å². The molecule has 1 aliphatic heterocycles. The van der Waals surface area contributed by atoms with E-state index in [4.69, 9.17) is 5.73 Å². The van der Waals surface area contributed by atoms with Crippen LogP contribution in [0.2, 0.25) is 0 Å². The molecule has 0 radical (unpaired) electrons. The van der Waals surface area contributed by atoms with E-state index in [1.165, 1.54) is 0 Å². The Hall–Kier alpha value is -3.94. The van der Waals surface area contributed by atoms with Crippen LogP contribution in [0.25, 0.3) is 22.0 Å². The molecule has 1 fully saturated rings. The van der Waals surface area contributed by atoms with Gasteiger partial charge in [0.2, 0.25) is 5.91 Å². The maximum atomic E-state index is 12.5. The third-order valence-corrected chi connectivity index (χ3v) is 5.99. The van der Waals surface area contributed by atoms with Gasteiger partial charge < -0.3 is 16.0 Å². The minimum absolute atomic E-state index is 0.0986. The standard InChI is InChI=1S/C24H25N7O/c1-15-6-3-4-7-18(15)20-10-16-11-22(26-13-19(16)23(25)29-20)28-17-12-27-31(14-17)21-8-5-9-30(2)24(21)32/h3-4,6-7,10-14,21H,5,8-9H2,1-2H3,(H2,25,29)(H,26,28)/t21-/m0/s1. The van der Waals surface area contributed by atoms with Crippen LogP contribution in [0.4, 0.5) is 17.3 Å². The number of fused-ring (bicyclic) bond motifs is 1. The Morgan fingerprint density at radius 2 is 2.03 bits per heavy atom. The molecule has 0 aliphatic carbocycles. The van der Waals surface area contributed by atoms with Crippen molar-refractivity contribution in [2.24, 2.45) is 0 Å². The monoisotopic (exact) mass is 427 g/mol. The minimum atomic E-state index is -0.253. The van der Waals surface area contributed by atoms with Crippen LogP contribution >= 0.6 is 0 Å². The number of likely N-dealkylation sites (N-methyl/N-ethyl adjacent to an activating group) is 1. The molecular weight excluding hydrogens is 402 g/mol. The number of aromatic nitrogens is 4. The lowest BCUT2D eigenvalue weighted by atomic mass is 10.0. The van der Waals surface area contributed by atoms with Gasteiger partial charge in [-0.15, -0.1) is 0 Å². The molecule has 1 saturated heterocycles. The summed E-state index contributed by atoms with van der Waals surface area (Å²) in [7, 11) is 1.84. The fraction of sp³-hybridized carbons (Fsp3) is 0.250. The van der Waals surface area contributed by atoms with Crippen molar-refractivity contribution in [2.75, 3.05) is 24.6 Å². The van der Waals surface area contributed by atoms with E-state index < -0.39 is 0 Å². The minimum Gasteiger partial charge on any atom is -0.383 e. The van der Waals surface area contributed by atoms with Crippen LogP contribution in [0.5, 0.6) is 0 Å². The van der Waals surface area contributed by atoms with Crippen molar-refractivity contribution in [3.63, 3.8) is 0 Å². The highest BCUT2D eigenvalue weighted by molar-refractivity contribution is 5.94. The summed E-state index contributed by atoms with van der Waals surface area (Å²) in [6.45, 7) is 2.86. The van der Waals surface area contributed by atoms with E-state index in [-0.39, 0.29) is 11.9 Å². The fourth-order valence-corrected chi connectivity index (χ4v) is 4.22. The summed E-state index contributed by atoms with van der Waals surface area (Å²) in [4.78, 5) is 23.3. The number of anilines is 3. The molecule has 32 heavy (non-hydrogen) atoms. The largest absolute Gasteiger partial charge is 0.383 e. The van der Waals surface area contributed by atoms with Gasteiger partial charge in [-0.2, -0.15) is 5.10 Å². The maximum absolute atomic E-state index is 12.5. The van der Waals surface area contributed by atoms with Crippen LogP contribution in [0.15, 0.2) is 55.0 Å². The third kappa shape index (κ3) is 3.64. The molecule has 3 aromatic heterocycles. The van der Waals surface area contributed by atoms with Crippen LogP contribution in [-0.2, 0) is 4.79 Å². The molecule has 162 valence electrons. The van der Waals surface area contributed by atoms with Crippen molar-refractivity contribution >= 4 is 34.0 Å². The lowest BCUT2D eigenvalue weighted by Crippen LogP contribution is -2.39. The molecule has 8 heteroatoms. The van der Waals surface area contributed by atoms with Gasteiger partial charge in [0, 0.05) is 36.9 Å². The van der Waals surface area contributed by atoms with Crippen LogP contribution in [0.3, 0.4) is 0 Å². The van der Waals surface area contributed by atoms with E-state index in [0.29, 0.717) is 11.6 Å². The highest BCUT2D eigenvalue weighted by atomic mass is 16.2. The number of benzene rings is 1. The number of likely N-dealkylation sites (tertiary alicyclic amines) is 1. The number of nitrogens with zero attached hydrogens (tertiary/aromatic N) is 5. The van der Waals surface area contributed by atoms with Gasteiger partial charge in [0.25, 0.3) is 0 Å². The number of pyridine rings is 2. The number of rotatable bonds is 4. The van der Waals surface area contributed by atoms with Crippen molar-refractivity contribution in [1.82, 2.24) is 24.6 Å². The molecule has 4 heterocycles. The molecular formula is C24H25N7O. The zero-order chi connectivity index (χ0) is 22.2. The summed E-state index contributed by atoms with van der Waals surface area (Å²) in [5, 5.41) is 9.45. The number of aryl methyl sites for hydroxylation is 1. The highest BCUT2D eigenvalue weighted by Gasteiger charge is 2.28. The van der Waals surface area contributed by atoms with Gasteiger partial charge in [-0.1, -0.05) is 24.3 Å². The summed E-state index contributed by atoms with van der Waals surface area (Å²) in [5.41, 5.74) is 10.0. The topological polar surface area (TPSA) is 102 Å². The highest BCUT2D eigenvalue weighted by Crippen LogP contribution is 2.30. The second kappa shape index (κ2) is 7.96. The fourth-order valence-electron chi connectivity index (χ4n) is 4.22. The summed E-state index contributed by atoms with van der Waals surface area (Å²) in [6, 6.07) is 11.8. The van der Waals surface area contributed by atoms with Gasteiger partial charge in [-0.05, 0) is 42.8 Å². The molecule has 4 aromatic rings. The third-order valence-electron chi connectivity index (χ3n) is 5.99. The van der Waals surface area contributed by atoms with Gasteiger partial charge in [0.05, 0.1) is 17.6 Å². The summed E-state index contributed by atoms with van der Waals surface area (Å²) < 4.78 is 1.74. The van der Waals surface area contributed by atoms with Crippen LogP contribution in [-0.4, -0.2) is 44.1 Å². The first-order valence-corrected chi connectivity index (χ1v) is 10.7. The molecule has 1 aromatic carbocycles. The van der Waals surface area contributed by atoms with E-state index in [9.17, 15) is 4.79 Å². The Labute approximate surface area is 186 Å². The van der Waals surface area contributed by atoms with E-state index in [0.717, 1.165) is 52.7 Å². The van der Waals surface area contributed by atoms with Gasteiger partial charge in [-0.3, -0.25) is 9.48 Å². The predicted molar refractivity (Wildman–Crippen MR) is 126 cm³/mol. The molecule has 0 bridgehead atoms. The smallest absolute Gasteiger partial charge is 0.247 e. The van der Waals surface area contributed by atoms with Crippen LogP contribution < -0.4 is 11.1 Å². The Morgan fingerprint density at radius 1 is 1.19 bits per heavy atom. The van der Waals surface area contributed by atoms with Crippen LogP contribution in [0.1, 0.15) is 24.4 Å². The van der Waals surface area contributed by atoms with Crippen molar-refractivity contribution in [1.29, 1.82) is 0 Å². The number of carbonyl (C=O) groups excluding carboxylic acids is 1. The van der Waals surface area contributed by atoms with Crippen molar-refractivity contribution in [2.45, 2.75) is 25.8 Å². The zero-order valence-electron chi connectivity index (χ0n) is 18.1. The number of nitrogen functional groups attached to an aromatic ring is 1. The zero-order valence-corrected chi connectivity index (χ0v) is 18.1. The first-order valence-electron chi connectivity index (χ1n) is 10.7. The number of carbonyl (C=O) groups is 1. The molecule has 5 rings (SSSR count). The summed E-state index contributed by atoms with van der Waals surface area (Å²) in [5.74, 6) is 1.22. The molecule has 0 spiro atoms. The van der Waals surface area contributed by atoms with Crippen molar-refractivity contribution < 1.29 is 4.79 Å². The quantitative estimate of drug-likeness (QED) is 0.512. The predicted octanol–water partition coefficient (Wildman–Crippen LogP) is 3.92. The molecule has 0 unspecified atom stereocenters. The van der Waals surface area contributed by atoms with E-state index in [2.05, 4.69) is 33.4 Å². The number of nitrogens with one attached hydrogen (secondary N) is 1. The second-order valence-electron chi connectivity index (χ2n) is 8.25. The Morgan fingerprint density at radius 3 is 2.88 bits per heavy atom. The number of hydrogen-bond donors (Lipinski definition) is 2. The van der Waals surface area contributed by atoms with Gasteiger partial charge >= 0.3 is 0 Å². The Kier molecular flexibility index (Phi) is 4.97. The summed E-state index contributed by atoms with van der Waals surface area (Å²) in [6.07, 6.45) is 7.07. The average molecular weight is 428 g/mol. The Balaban J connectivity index is 1.44. The second-order valence-corrected chi connectivity index (χ2v) is 8.25. The number of piperidine rings is 1. The molecule has 1 amide bonds. The molecule has 3 N–H and O–H groups in total. The molecule has 0 saturated carbocycles. The van der Waals surface area contributed by atoms with Gasteiger partial charge in [-0.25, -0.2) is 9.97 Å². The normalized spacial score (nSPS) is 16.5. The number of amides is 1. The molecule has 1 aliphatic rings.